The number of halogens is 1. The Morgan fingerprint density at radius 3 is 2.70 bits per heavy atom. The van der Waals surface area contributed by atoms with E-state index in [4.69, 9.17) is 0 Å². The summed E-state index contributed by atoms with van der Waals surface area (Å²) in [4.78, 5) is 0.985. The van der Waals surface area contributed by atoms with Crippen LogP contribution in [0, 0.1) is 6.92 Å². The first-order valence-corrected chi connectivity index (χ1v) is 9.04. The SMILES string of the molecule is CNCc1ccc(S(=O)(=O)Nc2cccc(Br)c2C)s1. The first-order valence-electron chi connectivity index (χ1n) is 5.95. The number of hydrogen-bond donors (Lipinski definition) is 2. The van der Waals surface area contributed by atoms with E-state index in [0.29, 0.717) is 16.4 Å². The summed E-state index contributed by atoms with van der Waals surface area (Å²) in [5, 5.41) is 3.00. The summed E-state index contributed by atoms with van der Waals surface area (Å²) in [5.41, 5.74) is 1.45. The van der Waals surface area contributed by atoms with Crippen LogP contribution < -0.4 is 10.0 Å². The lowest BCUT2D eigenvalue weighted by Crippen LogP contribution is -2.12. The van der Waals surface area contributed by atoms with Crippen molar-refractivity contribution in [2.75, 3.05) is 11.8 Å². The van der Waals surface area contributed by atoms with Crippen molar-refractivity contribution in [3.63, 3.8) is 0 Å². The molecule has 0 atom stereocenters. The topological polar surface area (TPSA) is 58.2 Å². The normalized spacial score (nSPS) is 11.6. The smallest absolute Gasteiger partial charge is 0.271 e. The van der Waals surface area contributed by atoms with Crippen LogP contribution in [0.3, 0.4) is 0 Å². The Morgan fingerprint density at radius 1 is 1.25 bits per heavy atom. The van der Waals surface area contributed by atoms with Crippen LogP contribution in [0.25, 0.3) is 0 Å². The van der Waals surface area contributed by atoms with E-state index in [1.165, 1.54) is 11.3 Å². The number of sulfonamides is 1. The Morgan fingerprint density at radius 2 is 2.00 bits per heavy atom. The van der Waals surface area contributed by atoms with Crippen LogP contribution in [-0.2, 0) is 16.6 Å². The van der Waals surface area contributed by atoms with E-state index in [1.807, 2.05) is 26.1 Å². The summed E-state index contributed by atoms with van der Waals surface area (Å²) in [6.07, 6.45) is 0. The van der Waals surface area contributed by atoms with Gasteiger partial charge in [-0.3, -0.25) is 4.72 Å². The number of benzene rings is 1. The van der Waals surface area contributed by atoms with Crippen LogP contribution in [-0.4, -0.2) is 15.5 Å². The minimum absolute atomic E-state index is 0.321. The number of anilines is 1. The van der Waals surface area contributed by atoms with Crippen LogP contribution in [0.1, 0.15) is 10.4 Å². The first-order chi connectivity index (χ1) is 9.44. The molecule has 4 nitrogen and oxygen atoms in total. The lowest BCUT2D eigenvalue weighted by Gasteiger charge is -2.10. The molecule has 1 heterocycles. The highest BCUT2D eigenvalue weighted by atomic mass is 79.9. The fourth-order valence-corrected chi connectivity index (χ4v) is 4.54. The van der Waals surface area contributed by atoms with Gasteiger partial charge in [0.1, 0.15) is 4.21 Å². The molecule has 0 radical (unpaired) electrons. The summed E-state index contributed by atoms with van der Waals surface area (Å²) in [6, 6.07) is 8.88. The highest BCUT2D eigenvalue weighted by Crippen LogP contribution is 2.28. The van der Waals surface area contributed by atoms with Gasteiger partial charge in [0, 0.05) is 15.9 Å². The fraction of sp³-hybridized carbons (Fsp3) is 0.231. The van der Waals surface area contributed by atoms with Crippen molar-refractivity contribution in [1.82, 2.24) is 5.32 Å². The molecule has 2 N–H and O–H groups in total. The van der Waals surface area contributed by atoms with E-state index in [2.05, 4.69) is 26.0 Å². The number of rotatable bonds is 5. The quantitative estimate of drug-likeness (QED) is 0.843. The molecule has 0 amide bonds. The largest absolute Gasteiger partial charge is 0.315 e. The molecular weight excluding hydrogens is 360 g/mol. The number of nitrogens with one attached hydrogen (secondary N) is 2. The molecule has 20 heavy (non-hydrogen) atoms. The predicted octanol–water partition coefficient (Wildman–Crippen LogP) is 3.34. The average Bonchev–Trinajstić information content (AvgIpc) is 2.85. The molecule has 0 bridgehead atoms. The summed E-state index contributed by atoms with van der Waals surface area (Å²) in [7, 11) is -1.70. The number of thiophene rings is 1. The molecule has 7 heteroatoms. The minimum Gasteiger partial charge on any atom is -0.315 e. The van der Waals surface area contributed by atoms with E-state index in [0.717, 1.165) is 14.9 Å². The second kappa shape index (κ2) is 6.26. The van der Waals surface area contributed by atoms with Crippen molar-refractivity contribution in [2.24, 2.45) is 0 Å². The van der Waals surface area contributed by atoms with Crippen molar-refractivity contribution in [1.29, 1.82) is 0 Å². The standard InChI is InChI=1S/C13H15BrN2O2S2/c1-9-11(14)4-3-5-12(9)16-20(17,18)13-7-6-10(19-13)8-15-2/h3-7,15-16H,8H2,1-2H3. The lowest BCUT2D eigenvalue weighted by atomic mass is 10.2. The third kappa shape index (κ3) is 3.41. The van der Waals surface area contributed by atoms with Gasteiger partial charge in [-0.05, 0) is 43.8 Å². The van der Waals surface area contributed by atoms with Crippen molar-refractivity contribution in [3.05, 3.63) is 45.2 Å². The molecule has 2 aromatic rings. The van der Waals surface area contributed by atoms with Gasteiger partial charge in [-0.25, -0.2) is 8.42 Å². The maximum atomic E-state index is 12.3. The molecule has 0 aliphatic rings. The van der Waals surface area contributed by atoms with Gasteiger partial charge in [-0.15, -0.1) is 11.3 Å². The van der Waals surface area contributed by atoms with E-state index < -0.39 is 10.0 Å². The molecule has 2 rings (SSSR count). The van der Waals surface area contributed by atoms with Gasteiger partial charge in [0.15, 0.2) is 0 Å². The minimum atomic E-state index is -3.53. The van der Waals surface area contributed by atoms with Crippen LogP contribution in [0.15, 0.2) is 39.0 Å². The van der Waals surface area contributed by atoms with Crippen LogP contribution >= 0.6 is 27.3 Å². The van der Waals surface area contributed by atoms with E-state index >= 15 is 0 Å². The van der Waals surface area contributed by atoms with Crippen LogP contribution in [0.5, 0.6) is 0 Å². The van der Waals surface area contributed by atoms with E-state index in [9.17, 15) is 8.42 Å². The summed E-state index contributed by atoms with van der Waals surface area (Å²) in [6.45, 7) is 2.53. The fourth-order valence-electron chi connectivity index (χ4n) is 1.68. The zero-order valence-electron chi connectivity index (χ0n) is 11.1. The third-order valence-corrected chi connectivity index (χ3v) is 6.57. The van der Waals surface area contributed by atoms with Crippen LogP contribution in [0.2, 0.25) is 0 Å². The zero-order valence-corrected chi connectivity index (χ0v) is 14.3. The van der Waals surface area contributed by atoms with Gasteiger partial charge in [0.2, 0.25) is 0 Å². The molecule has 108 valence electrons. The highest BCUT2D eigenvalue weighted by molar-refractivity contribution is 9.10. The number of hydrogen-bond acceptors (Lipinski definition) is 4. The van der Waals surface area contributed by atoms with Gasteiger partial charge in [-0.1, -0.05) is 22.0 Å². The Balaban J connectivity index is 2.28. The van der Waals surface area contributed by atoms with Crippen molar-refractivity contribution < 1.29 is 8.42 Å². The average molecular weight is 375 g/mol. The molecule has 0 saturated heterocycles. The summed E-state index contributed by atoms with van der Waals surface area (Å²) < 4.78 is 28.5. The molecular formula is C13H15BrN2O2S2. The van der Waals surface area contributed by atoms with Crippen molar-refractivity contribution in [2.45, 2.75) is 17.7 Å². The predicted molar refractivity (Wildman–Crippen MR) is 86.8 cm³/mol. The van der Waals surface area contributed by atoms with Crippen LogP contribution in [0.4, 0.5) is 5.69 Å². The van der Waals surface area contributed by atoms with Gasteiger partial charge in [0.05, 0.1) is 5.69 Å². The molecule has 0 spiro atoms. The van der Waals surface area contributed by atoms with Gasteiger partial charge in [0.25, 0.3) is 10.0 Å². The molecule has 0 saturated carbocycles. The Labute approximate surface area is 131 Å². The molecule has 0 fully saturated rings. The molecule has 0 aliphatic heterocycles. The van der Waals surface area contributed by atoms with Gasteiger partial charge >= 0.3 is 0 Å². The molecule has 1 aromatic carbocycles. The Hall–Kier alpha value is -0.890. The van der Waals surface area contributed by atoms with E-state index in [1.54, 1.807) is 18.2 Å². The van der Waals surface area contributed by atoms with E-state index in [-0.39, 0.29) is 0 Å². The zero-order chi connectivity index (χ0) is 14.8. The molecule has 0 aliphatic carbocycles. The Bertz CT molecular complexity index is 711. The molecule has 0 unspecified atom stereocenters. The maximum Gasteiger partial charge on any atom is 0.271 e. The van der Waals surface area contributed by atoms with Crippen molar-refractivity contribution >= 4 is 43.0 Å². The summed E-state index contributed by atoms with van der Waals surface area (Å²) >= 11 is 4.66. The maximum absolute atomic E-state index is 12.3. The van der Waals surface area contributed by atoms with Gasteiger partial charge in [-0.2, -0.15) is 0 Å². The second-order valence-corrected chi connectivity index (χ2v) is 8.20. The second-order valence-electron chi connectivity index (χ2n) is 4.27. The lowest BCUT2D eigenvalue weighted by molar-refractivity contribution is 0.603. The van der Waals surface area contributed by atoms with Gasteiger partial charge < -0.3 is 5.32 Å². The third-order valence-electron chi connectivity index (χ3n) is 2.76. The monoisotopic (exact) mass is 374 g/mol. The molecule has 1 aromatic heterocycles. The first kappa shape index (κ1) is 15.5. The van der Waals surface area contributed by atoms with Crippen molar-refractivity contribution in [3.8, 4) is 0 Å². The highest BCUT2D eigenvalue weighted by Gasteiger charge is 2.18. The Kier molecular flexibility index (Phi) is 4.85. The summed E-state index contributed by atoms with van der Waals surface area (Å²) in [5.74, 6) is 0.